The molecule has 0 aliphatic carbocycles. The minimum absolute atomic E-state index is 0. The molecule has 0 radical (unpaired) electrons. The third kappa shape index (κ3) is 3.95. The molecule has 0 saturated carbocycles. The van der Waals surface area contributed by atoms with Gasteiger partial charge in [-0.1, -0.05) is 28.1 Å². The van der Waals surface area contributed by atoms with E-state index in [-0.39, 0.29) is 12.4 Å². The molecule has 2 atom stereocenters. The molecular formula is C13H20BrClN2. The molecule has 0 aromatic heterocycles. The zero-order chi connectivity index (χ0) is 11.5. The third-order valence-corrected chi connectivity index (χ3v) is 3.83. The standard InChI is InChI=1S/C13H19BrN2.ClH/c1-10-9-16(8-7-15-10)11(2)12-3-5-13(14)6-4-12;/h3-6,10-11,15H,7-9H2,1-2H3;1H. The fraction of sp³-hybridized carbons (Fsp3) is 0.538. The van der Waals surface area contributed by atoms with Crippen LogP contribution in [-0.2, 0) is 0 Å². The Bertz CT molecular complexity index is 342. The molecule has 1 aliphatic heterocycles. The number of rotatable bonds is 2. The lowest BCUT2D eigenvalue weighted by Gasteiger charge is -2.36. The number of halogens is 2. The van der Waals surface area contributed by atoms with E-state index in [9.17, 15) is 0 Å². The number of nitrogens with one attached hydrogen (secondary N) is 1. The molecule has 0 bridgehead atoms. The molecule has 2 unspecified atom stereocenters. The molecule has 17 heavy (non-hydrogen) atoms. The second-order valence-corrected chi connectivity index (χ2v) is 5.49. The fourth-order valence-corrected chi connectivity index (χ4v) is 2.53. The van der Waals surface area contributed by atoms with Crippen molar-refractivity contribution in [1.82, 2.24) is 10.2 Å². The summed E-state index contributed by atoms with van der Waals surface area (Å²) in [5, 5.41) is 3.48. The molecule has 0 spiro atoms. The van der Waals surface area contributed by atoms with Crippen LogP contribution in [0, 0.1) is 0 Å². The van der Waals surface area contributed by atoms with E-state index in [0.717, 1.165) is 24.1 Å². The molecular weight excluding hydrogens is 300 g/mol. The molecule has 1 saturated heterocycles. The molecule has 2 rings (SSSR count). The number of nitrogens with zero attached hydrogens (tertiary/aromatic N) is 1. The monoisotopic (exact) mass is 318 g/mol. The predicted molar refractivity (Wildman–Crippen MR) is 78.8 cm³/mol. The van der Waals surface area contributed by atoms with E-state index in [1.807, 2.05) is 0 Å². The SMILES string of the molecule is CC1CN(C(C)c2ccc(Br)cc2)CCN1.Cl. The number of benzene rings is 1. The van der Waals surface area contributed by atoms with Gasteiger partial charge in [0.25, 0.3) is 0 Å². The summed E-state index contributed by atoms with van der Waals surface area (Å²) in [4.78, 5) is 2.55. The van der Waals surface area contributed by atoms with Crippen LogP contribution < -0.4 is 5.32 Å². The molecule has 1 aliphatic rings. The van der Waals surface area contributed by atoms with Gasteiger partial charge in [-0.2, -0.15) is 0 Å². The van der Waals surface area contributed by atoms with Crippen LogP contribution in [0.2, 0.25) is 0 Å². The molecule has 1 aromatic carbocycles. The minimum atomic E-state index is 0. The normalized spacial score (nSPS) is 22.9. The van der Waals surface area contributed by atoms with E-state index < -0.39 is 0 Å². The van der Waals surface area contributed by atoms with Crippen LogP contribution in [0.4, 0.5) is 0 Å². The van der Waals surface area contributed by atoms with Gasteiger partial charge < -0.3 is 5.32 Å². The largest absolute Gasteiger partial charge is 0.312 e. The first-order chi connectivity index (χ1) is 7.66. The first-order valence-corrected chi connectivity index (χ1v) is 6.69. The average Bonchev–Trinajstić information content (AvgIpc) is 2.29. The summed E-state index contributed by atoms with van der Waals surface area (Å²) in [6.07, 6.45) is 0. The maximum absolute atomic E-state index is 3.48. The van der Waals surface area contributed by atoms with Gasteiger partial charge in [-0.15, -0.1) is 12.4 Å². The van der Waals surface area contributed by atoms with Crippen LogP contribution in [-0.4, -0.2) is 30.6 Å². The zero-order valence-electron chi connectivity index (χ0n) is 10.3. The Labute approximate surface area is 118 Å². The van der Waals surface area contributed by atoms with Gasteiger partial charge in [0.15, 0.2) is 0 Å². The van der Waals surface area contributed by atoms with Crippen molar-refractivity contribution >= 4 is 28.3 Å². The van der Waals surface area contributed by atoms with Gasteiger partial charge in [0, 0.05) is 36.2 Å². The van der Waals surface area contributed by atoms with E-state index in [2.05, 4.69) is 64.3 Å². The summed E-state index contributed by atoms with van der Waals surface area (Å²) in [7, 11) is 0. The highest BCUT2D eigenvalue weighted by atomic mass is 79.9. The summed E-state index contributed by atoms with van der Waals surface area (Å²) in [6.45, 7) is 7.92. The summed E-state index contributed by atoms with van der Waals surface area (Å²) in [6, 6.07) is 9.78. The zero-order valence-corrected chi connectivity index (χ0v) is 12.7. The third-order valence-electron chi connectivity index (χ3n) is 3.30. The highest BCUT2D eigenvalue weighted by molar-refractivity contribution is 9.10. The molecule has 96 valence electrons. The Balaban J connectivity index is 0.00000144. The van der Waals surface area contributed by atoms with Gasteiger partial charge in [-0.25, -0.2) is 0 Å². The van der Waals surface area contributed by atoms with Crippen LogP contribution >= 0.6 is 28.3 Å². The highest BCUT2D eigenvalue weighted by Crippen LogP contribution is 2.22. The molecule has 1 heterocycles. The quantitative estimate of drug-likeness (QED) is 0.900. The fourth-order valence-electron chi connectivity index (χ4n) is 2.27. The van der Waals surface area contributed by atoms with Crippen LogP contribution in [0.5, 0.6) is 0 Å². The average molecular weight is 320 g/mol. The van der Waals surface area contributed by atoms with Gasteiger partial charge >= 0.3 is 0 Å². The van der Waals surface area contributed by atoms with Crippen molar-refractivity contribution in [2.24, 2.45) is 0 Å². The van der Waals surface area contributed by atoms with Gasteiger partial charge in [-0.3, -0.25) is 4.90 Å². The summed E-state index contributed by atoms with van der Waals surface area (Å²) in [5.41, 5.74) is 1.40. The van der Waals surface area contributed by atoms with Crippen molar-refractivity contribution in [3.63, 3.8) is 0 Å². The smallest absolute Gasteiger partial charge is 0.0321 e. The summed E-state index contributed by atoms with van der Waals surface area (Å²) >= 11 is 3.48. The Morgan fingerprint density at radius 2 is 2.00 bits per heavy atom. The van der Waals surface area contributed by atoms with Crippen LogP contribution in [0.25, 0.3) is 0 Å². The highest BCUT2D eigenvalue weighted by Gasteiger charge is 2.21. The summed E-state index contributed by atoms with van der Waals surface area (Å²) in [5.74, 6) is 0. The van der Waals surface area contributed by atoms with Crippen LogP contribution in [0.3, 0.4) is 0 Å². The molecule has 1 aromatic rings. The van der Waals surface area contributed by atoms with Crippen LogP contribution in [0.1, 0.15) is 25.5 Å². The minimum Gasteiger partial charge on any atom is -0.312 e. The Morgan fingerprint density at radius 1 is 1.35 bits per heavy atom. The van der Waals surface area contributed by atoms with E-state index in [1.165, 1.54) is 5.56 Å². The Kier molecular flexibility index (Phi) is 5.93. The van der Waals surface area contributed by atoms with Crippen LogP contribution in [0.15, 0.2) is 28.7 Å². The second-order valence-electron chi connectivity index (χ2n) is 4.58. The lowest BCUT2D eigenvalue weighted by atomic mass is 10.1. The van der Waals surface area contributed by atoms with Gasteiger partial charge in [-0.05, 0) is 31.5 Å². The molecule has 4 heteroatoms. The van der Waals surface area contributed by atoms with E-state index >= 15 is 0 Å². The number of hydrogen-bond acceptors (Lipinski definition) is 2. The molecule has 0 amide bonds. The van der Waals surface area contributed by atoms with E-state index in [0.29, 0.717) is 12.1 Å². The summed E-state index contributed by atoms with van der Waals surface area (Å²) < 4.78 is 1.15. The molecule has 1 N–H and O–H groups in total. The van der Waals surface area contributed by atoms with Crippen molar-refractivity contribution in [3.8, 4) is 0 Å². The first-order valence-electron chi connectivity index (χ1n) is 5.89. The maximum atomic E-state index is 3.48. The topological polar surface area (TPSA) is 15.3 Å². The van der Waals surface area contributed by atoms with Gasteiger partial charge in [0.1, 0.15) is 0 Å². The van der Waals surface area contributed by atoms with Crippen molar-refractivity contribution < 1.29 is 0 Å². The Hall–Kier alpha value is -0.0900. The van der Waals surface area contributed by atoms with Crippen molar-refractivity contribution in [2.45, 2.75) is 25.9 Å². The Morgan fingerprint density at radius 3 is 2.59 bits per heavy atom. The van der Waals surface area contributed by atoms with Crippen molar-refractivity contribution in [2.75, 3.05) is 19.6 Å². The van der Waals surface area contributed by atoms with Crippen molar-refractivity contribution in [3.05, 3.63) is 34.3 Å². The number of hydrogen-bond donors (Lipinski definition) is 1. The first kappa shape index (κ1) is 15.0. The number of piperazine rings is 1. The van der Waals surface area contributed by atoms with Gasteiger partial charge in [0.2, 0.25) is 0 Å². The van der Waals surface area contributed by atoms with Gasteiger partial charge in [0.05, 0.1) is 0 Å². The predicted octanol–water partition coefficient (Wildman–Crippen LogP) is 3.23. The molecule has 2 nitrogen and oxygen atoms in total. The lowest BCUT2D eigenvalue weighted by molar-refractivity contribution is 0.158. The van der Waals surface area contributed by atoms with E-state index in [1.54, 1.807) is 0 Å². The van der Waals surface area contributed by atoms with Crippen molar-refractivity contribution in [1.29, 1.82) is 0 Å². The molecule has 1 fully saturated rings. The maximum Gasteiger partial charge on any atom is 0.0321 e. The second kappa shape index (κ2) is 6.74. The lowest BCUT2D eigenvalue weighted by Crippen LogP contribution is -2.49. The van der Waals surface area contributed by atoms with E-state index in [4.69, 9.17) is 0 Å².